The van der Waals surface area contributed by atoms with Crippen LogP contribution in [0.1, 0.15) is 73.1 Å². The molecule has 0 aromatic rings. The molecule has 4 nitrogen and oxygen atoms in total. The van der Waals surface area contributed by atoms with Gasteiger partial charge in [-0.2, -0.15) is 0 Å². The van der Waals surface area contributed by atoms with Gasteiger partial charge in [0, 0.05) is 19.8 Å². The van der Waals surface area contributed by atoms with Gasteiger partial charge in [0.2, 0.25) is 5.91 Å². The first kappa shape index (κ1) is 22.7. The van der Waals surface area contributed by atoms with E-state index in [0.717, 1.165) is 26.0 Å². The van der Waals surface area contributed by atoms with Crippen LogP contribution in [0.3, 0.4) is 0 Å². The van der Waals surface area contributed by atoms with Gasteiger partial charge in [-0.3, -0.25) is 4.79 Å². The second-order valence-corrected chi connectivity index (χ2v) is 5.03. The van der Waals surface area contributed by atoms with Gasteiger partial charge in [0.25, 0.3) is 0 Å². The van der Waals surface area contributed by atoms with E-state index in [1.807, 2.05) is 20.8 Å². The zero-order chi connectivity index (χ0) is 16.3. The monoisotopic (exact) mass is 303 g/mol. The van der Waals surface area contributed by atoms with Crippen molar-refractivity contribution in [3.05, 3.63) is 0 Å². The normalized spacial score (nSPS) is 10.2. The Bertz CT molecular complexity index is 208. The smallest absolute Gasteiger partial charge is 0.245 e. The Labute approximate surface area is 132 Å². The van der Waals surface area contributed by atoms with Gasteiger partial charge in [0.1, 0.15) is 6.61 Å². The predicted octanol–water partition coefficient (Wildman–Crippen LogP) is 3.93. The van der Waals surface area contributed by atoms with Gasteiger partial charge < -0.3 is 14.8 Å². The van der Waals surface area contributed by atoms with Crippen LogP contribution in [0.15, 0.2) is 0 Å². The molecule has 0 aromatic heterocycles. The highest BCUT2D eigenvalue weighted by Gasteiger charge is 1.99. The molecule has 128 valence electrons. The minimum Gasteiger partial charge on any atom is -0.379 e. The van der Waals surface area contributed by atoms with Crippen LogP contribution in [-0.2, 0) is 14.3 Å². The molecule has 0 saturated carbocycles. The summed E-state index contributed by atoms with van der Waals surface area (Å²) >= 11 is 0. The second-order valence-electron chi connectivity index (χ2n) is 5.03. The molecule has 0 aliphatic rings. The van der Waals surface area contributed by atoms with E-state index >= 15 is 0 Å². The topological polar surface area (TPSA) is 47.6 Å². The third-order valence-electron chi connectivity index (χ3n) is 2.78. The van der Waals surface area contributed by atoms with Gasteiger partial charge in [-0.1, -0.05) is 39.5 Å². The number of rotatable bonds is 13. The summed E-state index contributed by atoms with van der Waals surface area (Å²) in [4.78, 5) is 11.2. The molecule has 21 heavy (non-hydrogen) atoms. The predicted molar refractivity (Wildman–Crippen MR) is 89.6 cm³/mol. The molecule has 0 atom stereocenters. The van der Waals surface area contributed by atoms with E-state index in [2.05, 4.69) is 19.2 Å². The fourth-order valence-electron chi connectivity index (χ4n) is 1.73. The minimum atomic E-state index is -0.00677. The lowest BCUT2D eigenvalue weighted by atomic mass is 10.1. The van der Waals surface area contributed by atoms with Crippen molar-refractivity contribution in [1.82, 2.24) is 5.32 Å². The van der Waals surface area contributed by atoms with Crippen LogP contribution in [0.25, 0.3) is 0 Å². The summed E-state index contributed by atoms with van der Waals surface area (Å²) in [5.41, 5.74) is 0. The summed E-state index contributed by atoms with van der Waals surface area (Å²) in [6.45, 7) is 12.5. The lowest BCUT2D eigenvalue weighted by Crippen LogP contribution is -2.28. The Morgan fingerprint density at radius 2 is 1.57 bits per heavy atom. The highest BCUT2D eigenvalue weighted by Crippen LogP contribution is 2.05. The molecule has 4 heteroatoms. The van der Waals surface area contributed by atoms with E-state index in [1.54, 1.807) is 0 Å². The number of unbranched alkanes of at least 4 members (excludes halogenated alkanes) is 5. The van der Waals surface area contributed by atoms with Crippen LogP contribution in [0.4, 0.5) is 0 Å². The molecule has 0 radical (unpaired) electrons. The summed E-state index contributed by atoms with van der Waals surface area (Å²) in [5.74, 6) is -0.00677. The summed E-state index contributed by atoms with van der Waals surface area (Å²) in [6, 6.07) is 0. The fourth-order valence-corrected chi connectivity index (χ4v) is 1.73. The van der Waals surface area contributed by atoms with E-state index in [4.69, 9.17) is 9.47 Å². The van der Waals surface area contributed by atoms with Crippen LogP contribution in [0.2, 0.25) is 0 Å². The van der Waals surface area contributed by atoms with Crippen molar-refractivity contribution in [2.24, 2.45) is 0 Å². The van der Waals surface area contributed by atoms with Gasteiger partial charge in [-0.25, -0.2) is 0 Å². The minimum absolute atomic E-state index is 0.00677. The maximum Gasteiger partial charge on any atom is 0.245 e. The van der Waals surface area contributed by atoms with Gasteiger partial charge in [0.15, 0.2) is 0 Å². The molecule has 1 amide bonds. The molecule has 0 unspecified atom stereocenters. The van der Waals surface area contributed by atoms with Crippen LogP contribution in [0.5, 0.6) is 0 Å². The Hall–Kier alpha value is -0.610. The molecular formula is C17H37NO3. The number of carbonyl (C=O) groups is 1. The molecule has 0 aromatic carbocycles. The summed E-state index contributed by atoms with van der Waals surface area (Å²) in [5, 5.41) is 2.86. The quantitative estimate of drug-likeness (QED) is 0.524. The highest BCUT2D eigenvalue weighted by molar-refractivity contribution is 5.77. The molecule has 0 fully saturated rings. The molecule has 0 rings (SSSR count). The first-order valence-corrected chi connectivity index (χ1v) is 8.62. The molecule has 0 aliphatic heterocycles. The second kappa shape index (κ2) is 19.4. The molecule has 0 aliphatic carbocycles. The number of hydrogen-bond acceptors (Lipinski definition) is 3. The maximum atomic E-state index is 11.2. The highest BCUT2D eigenvalue weighted by atomic mass is 16.5. The van der Waals surface area contributed by atoms with Gasteiger partial charge >= 0.3 is 0 Å². The molecule has 0 spiro atoms. The van der Waals surface area contributed by atoms with Crippen molar-refractivity contribution in [2.75, 3.05) is 26.4 Å². The van der Waals surface area contributed by atoms with Crippen molar-refractivity contribution in [3.8, 4) is 0 Å². The zero-order valence-electron chi connectivity index (χ0n) is 14.9. The molecule has 0 heterocycles. The van der Waals surface area contributed by atoms with Crippen molar-refractivity contribution < 1.29 is 14.3 Å². The third kappa shape index (κ3) is 21.8. The van der Waals surface area contributed by atoms with Crippen LogP contribution in [0, 0.1) is 0 Å². The Morgan fingerprint density at radius 3 is 2.14 bits per heavy atom. The van der Waals surface area contributed by atoms with Crippen LogP contribution in [-0.4, -0.2) is 38.4 Å². The fraction of sp³-hybridized carbons (Fsp3) is 0.941. The van der Waals surface area contributed by atoms with Crippen molar-refractivity contribution in [2.45, 2.75) is 79.2 Å². The van der Waals surface area contributed by atoms with Gasteiger partial charge in [-0.05, 0) is 33.6 Å². The number of hydrogen-bond donors (Lipinski definition) is 1. The van der Waals surface area contributed by atoms with Crippen LogP contribution >= 0.6 is 0 Å². The Balaban J connectivity index is 0. The van der Waals surface area contributed by atoms with E-state index in [0.29, 0.717) is 12.7 Å². The summed E-state index contributed by atoms with van der Waals surface area (Å²) < 4.78 is 10.5. The lowest BCUT2D eigenvalue weighted by Gasteiger charge is -2.07. The zero-order valence-corrected chi connectivity index (χ0v) is 14.9. The maximum absolute atomic E-state index is 11.2. The molecule has 0 bridgehead atoms. The SMILES string of the molecule is CC.CCOCC(=O)NCCCCCCCCOC(C)C. The Kier molecular flexibility index (Phi) is 20.9. The van der Waals surface area contributed by atoms with Crippen molar-refractivity contribution >= 4 is 5.91 Å². The first-order valence-electron chi connectivity index (χ1n) is 8.62. The van der Waals surface area contributed by atoms with Gasteiger partial charge in [0.05, 0.1) is 6.10 Å². The van der Waals surface area contributed by atoms with E-state index in [9.17, 15) is 4.79 Å². The summed E-state index contributed by atoms with van der Waals surface area (Å²) in [6.07, 6.45) is 7.48. The number of amides is 1. The van der Waals surface area contributed by atoms with Gasteiger partial charge in [-0.15, -0.1) is 0 Å². The van der Waals surface area contributed by atoms with Crippen molar-refractivity contribution in [1.29, 1.82) is 0 Å². The summed E-state index contributed by atoms with van der Waals surface area (Å²) in [7, 11) is 0. The molecule has 0 saturated heterocycles. The number of nitrogens with one attached hydrogen (secondary N) is 1. The standard InChI is InChI=1S/C15H31NO3.C2H6/c1-4-18-13-15(17)16-11-9-7-5-6-8-10-12-19-14(2)3;1-2/h14H,4-13H2,1-3H3,(H,16,17);1-2H3. The first-order chi connectivity index (χ1) is 10.2. The Morgan fingerprint density at radius 1 is 1.00 bits per heavy atom. The van der Waals surface area contributed by atoms with Crippen LogP contribution < -0.4 is 5.32 Å². The average molecular weight is 303 g/mol. The number of carbonyl (C=O) groups excluding carboxylic acids is 1. The molecular weight excluding hydrogens is 266 g/mol. The van der Waals surface area contributed by atoms with E-state index < -0.39 is 0 Å². The lowest BCUT2D eigenvalue weighted by molar-refractivity contribution is -0.125. The third-order valence-corrected chi connectivity index (χ3v) is 2.78. The number of ether oxygens (including phenoxy) is 2. The average Bonchev–Trinajstić information content (AvgIpc) is 2.48. The van der Waals surface area contributed by atoms with Crippen molar-refractivity contribution in [3.63, 3.8) is 0 Å². The van der Waals surface area contributed by atoms with E-state index in [-0.39, 0.29) is 12.5 Å². The largest absolute Gasteiger partial charge is 0.379 e. The van der Waals surface area contributed by atoms with E-state index in [1.165, 1.54) is 25.7 Å². The molecule has 1 N–H and O–H groups in total.